The second-order valence-electron chi connectivity index (χ2n) is 6.90. The molecule has 0 aliphatic carbocycles. The molecule has 0 atom stereocenters. The van der Waals surface area contributed by atoms with Crippen LogP contribution in [0.25, 0.3) is 32.9 Å². The lowest BCUT2D eigenvalue weighted by atomic mass is 10.0. The fourth-order valence-electron chi connectivity index (χ4n) is 3.43. The molecule has 0 spiro atoms. The van der Waals surface area contributed by atoms with Crippen LogP contribution in [0.5, 0.6) is 0 Å². The number of nitrogens with one attached hydrogen (secondary N) is 2. The van der Waals surface area contributed by atoms with Gasteiger partial charge < -0.3 is 10.3 Å². The Balaban J connectivity index is 1.42. The molecule has 5 heteroatoms. The molecule has 0 aliphatic rings. The lowest BCUT2D eigenvalue weighted by Gasteiger charge is -2.08. The Morgan fingerprint density at radius 1 is 0.897 bits per heavy atom. The van der Waals surface area contributed by atoms with E-state index in [9.17, 15) is 0 Å². The number of aromatic nitrogens is 3. The first-order chi connectivity index (χ1) is 14.3. The van der Waals surface area contributed by atoms with Gasteiger partial charge in [-0.1, -0.05) is 24.3 Å². The van der Waals surface area contributed by atoms with Crippen molar-refractivity contribution in [1.82, 2.24) is 15.0 Å². The Kier molecular flexibility index (Phi) is 4.15. The highest BCUT2D eigenvalue weighted by atomic mass is 15.1. The van der Waals surface area contributed by atoms with E-state index in [1.807, 2.05) is 42.7 Å². The van der Waals surface area contributed by atoms with Gasteiger partial charge in [0.05, 0.1) is 18.0 Å². The zero-order chi connectivity index (χ0) is 19.6. The molecule has 0 amide bonds. The molecule has 29 heavy (non-hydrogen) atoms. The van der Waals surface area contributed by atoms with E-state index in [2.05, 4.69) is 62.7 Å². The molecule has 5 rings (SSSR count). The molecule has 0 fully saturated rings. The molecule has 0 saturated carbocycles. The van der Waals surface area contributed by atoms with Crippen molar-refractivity contribution in [3.8, 4) is 17.2 Å². The van der Waals surface area contributed by atoms with Crippen molar-refractivity contribution < 1.29 is 0 Å². The highest BCUT2D eigenvalue weighted by Gasteiger charge is 2.05. The van der Waals surface area contributed by atoms with Crippen LogP contribution in [0.3, 0.4) is 0 Å². The molecule has 0 saturated heterocycles. The Morgan fingerprint density at radius 3 is 2.52 bits per heavy atom. The van der Waals surface area contributed by atoms with Gasteiger partial charge in [-0.3, -0.25) is 0 Å². The quantitative estimate of drug-likeness (QED) is 0.429. The summed E-state index contributed by atoms with van der Waals surface area (Å²) >= 11 is 0. The van der Waals surface area contributed by atoms with E-state index in [1.54, 1.807) is 0 Å². The minimum atomic E-state index is 0.409. The van der Waals surface area contributed by atoms with Crippen LogP contribution in [0.15, 0.2) is 79.1 Å². The summed E-state index contributed by atoms with van der Waals surface area (Å²) in [6, 6.07) is 24.6. The number of H-pyrrole nitrogens is 1. The number of nitriles is 1. The lowest BCUT2D eigenvalue weighted by molar-refractivity contribution is 1.21. The summed E-state index contributed by atoms with van der Waals surface area (Å²) in [4.78, 5) is 12.3. The Hall–Kier alpha value is -4.17. The van der Waals surface area contributed by atoms with Crippen molar-refractivity contribution in [3.63, 3.8) is 0 Å². The number of aromatic amines is 1. The number of fused-ring (bicyclic) bond motifs is 2. The van der Waals surface area contributed by atoms with E-state index in [-0.39, 0.29) is 0 Å². The van der Waals surface area contributed by atoms with Crippen molar-refractivity contribution in [3.05, 3.63) is 84.7 Å². The van der Waals surface area contributed by atoms with Crippen molar-refractivity contribution in [1.29, 1.82) is 5.26 Å². The molecule has 0 bridgehead atoms. The van der Waals surface area contributed by atoms with Gasteiger partial charge in [0, 0.05) is 29.0 Å². The summed E-state index contributed by atoms with van der Waals surface area (Å²) in [7, 11) is 0. The zero-order valence-corrected chi connectivity index (χ0v) is 15.6. The smallest absolute Gasteiger partial charge is 0.227 e. The lowest BCUT2D eigenvalue weighted by Crippen LogP contribution is -1.97. The molecular weight excluding hydrogens is 358 g/mol. The van der Waals surface area contributed by atoms with Crippen LogP contribution in [0, 0.1) is 11.3 Å². The molecule has 0 unspecified atom stereocenters. The predicted octanol–water partition coefficient (Wildman–Crippen LogP) is 5.59. The van der Waals surface area contributed by atoms with E-state index >= 15 is 0 Å². The standard InChI is InChI=1S/C24H17N5/c25-11-9-16-1-5-21(6-2-16)28-24-27-15-20-14-18(4-8-23(20)29-24)17-3-7-22-19(13-17)10-12-26-22/h1-8,10,12-15,26H,9H2,(H,27,28,29). The fourth-order valence-corrected chi connectivity index (χ4v) is 3.43. The van der Waals surface area contributed by atoms with Crippen LogP contribution in [0.1, 0.15) is 5.56 Å². The number of hydrogen-bond acceptors (Lipinski definition) is 4. The molecule has 2 N–H and O–H groups in total. The van der Waals surface area contributed by atoms with Gasteiger partial charge >= 0.3 is 0 Å². The molecule has 5 aromatic rings. The van der Waals surface area contributed by atoms with Crippen LogP contribution in [-0.4, -0.2) is 15.0 Å². The molecule has 0 aliphatic heterocycles. The third-order valence-electron chi connectivity index (χ3n) is 4.96. The van der Waals surface area contributed by atoms with E-state index in [0.29, 0.717) is 12.4 Å². The molecular formula is C24H17N5. The van der Waals surface area contributed by atoms with E-state index in [4.69, 9.17) is 5.26 Å². The van der Waals surface area contributed by atoms with Gasteiger partial charge in [0.2, 0.25) is 5.95 Å². The van der Waals surface area contributed by atoms with Gasteiger partial charge in [0.1, 0.15) is 0 Å². The molecule has 138 valence electrons. The molecule has 5 nitrogen and oxygen atoms in total. The summed E-state index contributed by atoms with van der Waals surface area (Å²) < 4.78 is 0. The number of nitrogens with zero attached hydrogens (tertiary/aromatic N) is 3. The first-order valence-corrected chi connectivity index (χ1v) is 9.36. The van der Waals surface area contributed by atoms with Gasteiger partial charge in [-0.15, -0.1) is 0 Å². The molecule has 3 aromatic carbocycles. The largest absolute Gasteiger partial charge is 0.361 e. The fraction of sp³-hybridized carbons (Fsp3) is 0.0417. The SMILES string of the molecule is N#CCc1ccc(Nc2ncc3cc(-c4ccc5[nH]ccc5c4)ccc3n2)cc1. The van der Waals surface area contributed by atoms with E-state index in [1.165, 1.54) is 10.9 Å². The normalized spacial score (nSPS) is 10.9. The van der Waals surface area contributed by atoms with Gasteiger partial charge in [-0.05, 0) is 64.5 Å². The monoisotopic (exact) mass is 375 g/mol. The van der Waals surface area contributed by atoms with Crippen LogP contribution < -0.4 is 5.32 Å². The van der Waals surface area contributed by atoms with Gasteiger partial charge in [-0.2, -0.15) is 5.26 Å². The average Bonchev–Trinajstić information content (AvgIpc) is 3.23. The highest BCUT2D eigenvalue weighted by molar-refractivity contribution is 5.89. The van der Waals surface area contributed by atoms with Crippen LogP contribution in [0.2, 0.25) is 0 Å². The summed E-state index contributed by atoms with van der Waals surface area (Å²) in [6.45, 7) is 0. The third-order valence-corrected chi connectivity index (χ3v) is 4.96. The van der Waals surface area contributed by atoms with Crippen LogP contribution in [0.4, 0.5) is 11.6 Å². The summed E-state index contributed by atoms with van der Waals surface area (Å²) in [6.07, 6.45) is 4.20. The van der Waals surface area contributed by atoms with Crippen LogP contribution in [-0.2, 0) is 6.42 Å². The third kappa shape index (κ3) is 3.40. The Bertz CT molecular complexity index is 1360. The van der Waals surface area contributed by atoms with E-state index < -0.39 is 0 Å². The van der Waals surface area contributed by atoms with Crippen molar-refractivity contribution in [2.45, 2.75) is 6.42 Å². The van der Waals surface area contributed by atoms with Crippen molar-refractivity contribution in [2.75, 3.05) is 5.32 Å². The minimum absolute atomic E-state index is 0.409. The Morgan fingerprint density at radius 2 is 1.69 bits per heavy atom. The minimum Gasteiger partial charge on any atom is -0.361 e. The average molecular weight is 375 g/mol. The van der Waals surface area contributed by atoms with Gasteiger partial charge in [0.25, 0.3) is 0 Å². The summed E-state index contributed by atoms with van der Waals surface area (Å²) in [5, 5.41) is 14.2. The van der Waals surface area contributed by atoms with E-state index in [0.717, 1.165) is 33.2 Å². The number of benzene rings is 3. The van der Waals surface area contributed by atoms with Gasteiger partial charge in [0.15, 0.2) is 0 Å². The number of anilines is 2. The zero-order valence-electron chi connectivity index (χ0n) is 15.6. The maximum Gasteiger partial charge on any atom is 0.227 e. The number of hydrogen-bond donors (Lipinski definition) is 2. The molecule has 0 radical (unpaired) electrons. The predicted molar refractivity (Wildman–Crippen MR) is 116 cm³/mol. The summed E-state index contributed by atoms with van der Waals surface area (Å²) in [5.74, 6) is 0.548. The second kappa shape index (κ2) is 7.10. The van der Waals surface area contributed by atoms with Gasteiger partial charge in [-0.25, -0.2) is 9.97 Å². The molecule has 2 aromatic heterocycles. The maximum atomic E-state index is 8.77. The van der Waals surface area contributed by atoms with Crippen molar-refractivity contribution >= 4 is 33.4 Å². The number of rotatable bonds is 4. The topological polar surface area (TPSA) is 77.4 Å². The second-order valence-corrected chi connectivity index (χ2v) is 6.90. The van der Waals surface area contributed by atoms with Crippen molar-refractivity contribution in [2.24, 2.45) is 0 Å². The molecule has 2 heterocycles. The maximum absolute atomic E-state index is 8.77. The Labute approximate surface area is 167 Å². The highest BCUT2D eigenvalue weighted by Crippen LogP contribution is 2.27. The first kappa shape index (κ1) is 17.0. The first-order valence-electron chi connectivity index (χ1n) is 9.36. The van der Waals surface area contributed by atoms with Crippen LogP contribution >= 0.6 is 0 Å². The summed E-state index contributed by atoms with van der Waals surface area (Å²) in [5.41, 5.74) is 6.20.